The summed E-state index contributed by atoms with van der Waals surface area (Å²) >= 11 is 0. The molecule has 1 atom stereocenters. The Labute approximate surface area is 128 Å². The van der Waals surface area contributed by atoms with Gasteiger partial charge in [-0.15, -0.1) is 0 Å². The SMILES string of the molecule is CC(C)(C)CC(CC(=O)Oc1cccc(O)c1)C(C)(C)C. The first kappa shape index (κ1) is 17.5. The second kappa shape index (κ2) is 6.50. The monoisotopic (exact) mass is 292 g/mol. The molecule has 3 nitrogen and oxygen atoms in total. The highest BCUT2D eigenvalue weighted by Crippen LogP contribution is 2.38. The van der Waals surface area contributed by atoms with Crippen molar-refractivity contribution in [2.24, 2.45) is 16.7 Å². The van der Waals surface area contributed by atoms with E-state index < -0.39 is 0 Å². The number of rotatable bonds is 4. The highest BCUT2D eigenvalue weighted by molar-refractivity contribution is 5.72. The number of phenolic OH excluding ortho intramolecular Hbond substituents is 1. The Morgan fingerprint density at radius 2 is 1.81 bits per heavy atom. The number of esters is 1. The van der Waals surface area contributed by atoms with Crippen molar-refractivity contribution >= 4 is 5.97 Å². The zero-order chi connectivity index (χ0) is 16.3. The third-order valence-electron chi connectivity index (χ3n) is 3.55. The maximum atomic E-state index is 12.2. The van der Waals surface area contributed by atoms with Crippen LogP contribution < -0.4 is 4.74 Å². The maximum Gasteiger partial charge on any atom is 0.311 e. The van der Waals surface area contributed by atoms with Crippen LogP contribution in [0.5, 0.6) is 11.5 Å². The molecule has 21 heavy (non-hydrogen) atoms. The molecule has 0 heterocycles. The number of benzene rings is 1. The molecule has 1 aromatic carbocycles. The summed E-state index contributed by atoms with van der Waals surface area (Å²) in [6.07, 6.45) is 1.35. The summed E-state index contributed by atoms with van der Waals surface area (Å²) in [6, 6.07) is 6.34. The summed E-state index contributed by atoms with van der Waals surface area (Å²) in [4.78, 5) is 12.2. The average molecular weight is 292 g/mol. The van der Waals surface area contributed by atoms with Crippen molar-refractivity contribution in [1.29, 1.82) is 0 Å². The Morgan fingerprint density at radius 1 is 1.19 bits per heavy atom. The molecule has 1 N–H and O–H groups in total. The molecular formula is C18H28O3. The predicted molar refractivity (Wildman–Crippen MR) is 85.4 cm³/mol. The van der Waals surface area contributed by atoms with E-state index >= 15 is 0 Å². The first-order valence-corrected chi connectivity index (χ1v) is 7.47. The molecule has 0 bridgehead atoms. The number of carbonyl (C=O) groups excluding carboxylic acids is 1. The molecule has 118 valence electrons. The van der Waals surface area contributed by atoms with Gasteiger partial charge in [-0.1, -0.05) is 47.6 Å². The van der Waals surface area contributed by atoms with E-state index in [1.807, 2.05) is 0 Å². The first-order chi connectivity index (χ1) is 9.47. The number of hydrogen-bond donors (Lipinski definition) is 1. The van der Waals surface area contributed by atoms with Crippen molar-refractivity contribution in [1.82, 2.24) is 0 Å². The standard InChI is InChI=1S/C18H28O3/c1-17(2,3)12-13(18(4,5)6)10-16(20)21-15-9-7-8-14(19)11-15/h7-9,11,13,19H,10,12H2,1-6H3. The summed E-state index contributed by atoms with van der Waals surface area (Å²) in [5.41, 5.74) is 0.217. The van der Waals surface area contributed by atoms with Crippen LogP contribution in [-0.4, -0.2) is 11.1 Å². The van der Waals surface area contributed by atoms with E-state index in [1.54, 1.807) is 18.2 Å². The molecule has 0 spiro atoms. The molecule has 3 heteroatoms. The van der Waals surface area contributed by atoms with Gasteiger partial charge >= 0.3 is 5.97 Å². The molecular weight excluding hydrogens is 264 g/mol. The molecule has 0 radical (unpaired) electrons. The molecule has 0 amide bonds. The van der Waals surface area contributed by atoms with Crippen molar-refractivity contribution in [3.8, 4) is 11.5 Å². The zero-order valence-corrected chi connectivity index (χ0v) is 14.1. The number of aromatic hydroxyl groups is 1. The lowest BCUT2D eigenvalue weighted by Crippen LogP contribution is -2.29. The third kappa shape index (κ3) is 6.65. The second-order valence-corrected chi connectivity index (χ2v) is 8.00. The smallest absolute Gasteiger partial charge is 0.311 e. The molecule has 0 aromatic heterocycles. The fourth-order valence-corrected chi connectivity index (χ4v) is 2.35. The Bertz CT molecular complexity index is 478. The molecule has 1 rings (SSSR count). The highest BCUT2D eigenvalue weighted by Gasteiger charge is 2.31. The van der Waals surface area contributed by atoms with E-state index in [1.165, 1.54) is 6.07 Å². The molecule has 0 aliphatic carbocycles. The minimum absolute atomic E-state index is 0.0468. The van der Waals surface area contributed by atoms with Crippen molar-refractivity contribution in [3.05, 3.63) is 24.3 Å². The van der Waals surface area contributed by atoms with E-state index in [9.17, 15) is 9.90 Å². The van der Waals surface area contributed by atoms with Crippen LogP contribution in [0.3, 0.4) is 0 Å². The minimum Gasteiger partial charge on any atom is -0.508 e. The molecule has 1 unspecified atom stereocenters. The van der Waals surface area contributed by atoms with Crippen LogP contribution in [0.4, 0.5) is 0 Å². The van der Waals surface area contributed by atoms with Crippen LogP contribution in [0, 0.1) is 16.7 Å². The lowest BCUT2D eigenvalue weighted by molar-refractivity contribution is -0.136. The van der Waals surface area contributed by atoms with Crippen molar-refractivity contribution in [2.75, 3.05) is 0 Å². The van der Waals surface area contributed by atoms with E-state index in [0.29, 0.717) is 12.2 Å². The minimum atomic E-state index is -0.246. The summed E-state index contributed by atoms with van der Waals surface area (Å²) in [5, 5.41) is 9.40. The van der Waals surface area contributed by atoms with Gasteiger partial charge in [0.25, 0.3) is 0 Å². The summed E-state index contributed by atoms with van der Waals surface area (Å²) in [6.45, 7) is 13.0. The molecule has 0 saturated carbocycles. The zero-order valence-electron chi connectivity index (χ0n) is 14.1. The van der Waals surface area contributed by atoms with Gasteiger partial charge < -0.3 is 9.84 Å². The summed E-state index contributed by atoms with van der Waals surface area (Å²) in [5.74, 6) is 0.498. The van der Waals surface area contributed by atoms with E-state index in [4.69, 9.17) is 4.74 Å². The number of phenols is 1. The predicted octanol–water partition coefficient (Wildman–Crippen LogP) is 4.79. The van der Waals surface area contributed by atoms with Crippen LogP contribution in [0.2, 0.25) is 0 Å². The molecule has 0 aliphatic heterocycles. The van der Waals surface area contributed by atoms with Crippen LogP contribution >= 0.6 is 0 Å². The van der Waals surface area contributed by atoms with Gasteiger partial charge in [-0.3, -0.25) is 4.79 Å². The Balaban J connectivity index is 2.72. The van der Waals surface area contributed by atoms with Crippen LogP contribution in [0.15, 0.2) is 24.3 Å². The van der Waals surface area contributed by atoms with Crippen molar-refractivity contribution in [3.63, 3.8) is 0 Å². The first-order valence-electron chi connectivity index (χ1n) is 7.47. The normalized spacial score (nSPS) is 13.8. The van der Waals surface area contributed by atoms with Gasteiger partial charge in [-0.05, 0) is 35.3 Å². The van der Waals surface area contributed by atoms with Gasteiger partial charge in [0.1, 0.15) is 11.5 Å². The fraction of sp³-hybridized carbons (Fsp3) is 0.611. The molecule has 0 saturated heterocycles. The summed E-state index contributed by atoms with van der Waals surface area (Å²) < 4.78 is 5.34. The molecule has 0 fully saturated rings. The van der Waals surface area contributed by atoms with Gasteiger partial charge in [-0.2, -0.15) is 0 Å². The van der Waals surface area contributed by atoms with Crippen LogP contribution in [0.1, 0.15) is 54.4 Å². The van der Waals surface area contributed by atoms with Crippen molar-refractivity contribution in [2.45, 2.75) is 54.4 Å². The lowest BCUT2D eigenvalue weighted by Gasteiger charge is -2.35. The topological polar surface area (TPSA) is 46.5 Å². The van der Waals surface area contributed by atoms with E-state index in [0.717, 1.165) is 6.42 Å². The average Bonchev–Trinajstić information content (AvgIpc) is 2.24. The van der Waals surface area contributed by atoms with E-state index in [2.05, 4.69) is 41.5 Å². The number of hydrogen-bond acceptors (Lipinski definition) is 3. The van der Waals surface area contributed by atoms with Gasteiger partial charge in [-0.25, -0.2) is 0 Å². The molecule has 0 aliphatic rings. The fourth-order valence-electron chi connectivity index (χ4n) is 2.35. The van der Waals surface area contributed by atoms with Crippen molar-refractivity contribution < 1.29 is 14.6 Å². The van der Waals surface area contributed by atoms with Gasteiger partial charge in [0.15, 0.2) is 0 Å². The Morgan fingerprint density at radius 3 is 2.29 bits per heavy atom. The number of ether oxygens (including phenoxy) is 1. The second-order valence-electron chi connectivity index (χ2n) is 8.00. The number of carbonyl (C=O) groups is 1. The Hall–Kier alpha value is -1.51. The quantitative estimate of drug-likeness (QED) is 0.641. The van der Waals surface area contributed by atoms with Gasteiger partial charge in [0, 0.05) is 12.5 Å². The third-order valence-corrected chi connectivity index (χ3v) is 3.55. The lowest BCUT2D eigenvalue weighted by atomic mass is 9.71. The summed E-state index contributed by atoms with van der Waals surface area (Å²) in [7, 11) is 0. The Kier molecular flexibility index (Phi) is 5.43. The maximum absolute atomic E-state index is 12.2. The van der Waals surface area contributed by atoms with Gasteiger partial charge in [0.2, 0.25) is 0 Å². The highest BCUT2D eigenvalue weighted by atomic mass is 16.5. The van der Waals surface area contributed by atoms with E-state index in [-0.39, 0.29) is 28.5 Å². The van der Waals surface area contributed by atoms with Crippen LogP contribution in [-0.2, 0) is 4.79 Å². The largest absolute Gasteiger partial charge is 0.508 e. The van der Waals surface area contributed by atoms with Gasteiger partial charge in [0.05, 0.1) is 0 Å². The molecule has 1 aromatic rings. The van der Waals surface area contributed by atoms with Crippen LogP contribution in [0.25, 0.3) is 0 Å².